The van der Waals surface area contributed by atoms with Crippen LogP contribution < -0.4 is 4.40 Å². The number of aromatic nitrogens is 4. The van der Waals surface area contributed by atoms with Gasteiger partial charge in [-0.05, 0) is 63.6 Å². The number of rotatable bonds is 5. The van der Waals surface area contributed by atoms with Gasteiger partial charge in [-0.15, -0.1) is 18.2 Å². The Morgan fingerprint density at radius 2 is 1.53 bits per heavy atom. The van der Waals surface area contributed by atoms with E-state index < -0.39 is 20.1 Å². The van der Waals surface area contributed by atoms with Crippen LogP contribution in [-0.4, -0.2) is 32.8 Å². The fourth-order valence-corrected chi connectivity index (χ4v) is 10.4. The topological polar surface area (TPSA) is 43.6 Å². The molecule has 0 unspecified atom stereocenters. The predicted molar refractivity (Wildman–Crippen MR) is 235 cm³/mol. The van der Waals surface area contributed by atoms with E-state index in [1.54, 1.807) is 24.3 Å². The zero-order valence-electron chi connectivity index (χ0n) is 34.3. The average molecular weight is 1000 g/mol. The third kappa shape index (κ3) is 7.49. The van der Waals surface area contributed by atoms with E-state index in [2.05, 4.69) is 52.6 Å². The third-order valence-electron chi connectivity index (χ3n) is 9.96. The number of hydrogen-bond acceptors (Lipinski definition) is 4. The SMILES string of the molecule is [2H]C([2H])([2H])c1ccccc1-c1ccc2c(n1)sc1c(-c3nc4cccc(F)c4n3-c3ccc4ccccc4c3)[c-]ccc12.[CH3][Ge]([CH3])([CH3])[c]1ccc(-c2[c-]cccc2)nc1.[Ir]. The molecular formula is C49H37FGeIrN4S-2. The first-order valence-electron chi connectivity index (χ1n) is 19.9. The molecule has 0 saturated carbocycles. The fourth-order valence-electron chi connectivity index (χ4n) is 7.01. The summed E-state index contributed by atoms with van der Waals surface area (Å²) in [5, 5.41) is 4.07. The summed E-state index contributed by atoms with van der Waals surface area (Å²) in [6, 6.07) is 52.7. The molecule has 4 heterocycles. The predicted octanol–water partition coefficient (Wildman–Crippen LogP) is 12.6. The van der Waals surface area contributed by atoms with Crippen molar-refractivity contribution in [2.24, 2.45) is 0 Å². The van der Waals surface area contributed by atoms with E-state index in [1.165, 1.54) is 21.8 Å². The summed E-state index contributed by atoms with van der Waals surface area (Å²) in [6.07, 6.45) is 2.04. The maximum atomic E-state index is 15.5. The minimum absolute atomic E-state index is 0. The Hall–Kier alpha value is -5.31. The van der Waals surface area contributed by atoms with Crippen molar-refractivity contribution in [3.8, 4) is 39.6 Å². The number of para-hydroxylation sites is 1. The molecule has 281 valence electrons. The van der Waals surface area contributed by atoms with Crippen LogP contribution in [0.1, 0.15) is 9.68 Å². The fraction of sp³-hybridized carbons (Fsp3) is 0.0816. The number of fused-ring (bicyclic) bond motifs is 5. The molecule has 0 fully saturated rings. The van der Waals surface area contributed by atoms with Gasteiger partial charge >= 0.3 is 99.8 Å². The van der Waals surface area contributed by atoms with Gasteiger partial charge in [0.25, 0.3) is 0 Å². The quantitative estimate of drug-likeness (QED) is 0.127. The second-order valence-electron chi connectivity index (χ2n) is 14.7. The van der Waals surface area contributed by atoms with Crippen LogP contribution >= 0.6 is 11.3 Å². The molecule has 0 atom stereocenters. The summed E-state index contributed by atoms with van der Waals surface area (Å²) in [5.41, 5.74) is 6.03. The van der Waals surface area contributed by atoms with Crippen molar-refractivity contribution in [3.05, 3.63) is 175 Å². The van der Waals surface area contributed by atoms with Crippen LogP contribution in [-0.2, 0) is 20.1 Å². The summed E-state index contributed by atoms with van der Waals surface area (Å²) in [6.45, 7) is -2.26. The molecule has 0 bridgehead atoms. The van der Waals surface area contributed by atoms with Gasteiger partial charge in [-0.1, -0.05) is 77.7 Å². The number of aryl methyl sites for hydroxylation is 1. The van der Waals surface area contributed by atoms with Crippen LogP contribution in [0.5, 0.6) is 0 Å². The minimum atomic E-state index is -2.26. The Balaban J connectivity index is 0.000000248. The van der Waals surface area contributed by atoms with Crippen molar-refractivity contribution < 1.29 is 28.6 Å². The van der Waals surface area contributed by atoms with Gasteiger partial charge < -0.3 is 4.57 Å². The van der Waals surface area contributed by atoms with Crippen LogP contribution in [0.4, 0.5) is 4.39 Å². The van der Waals surface area contributed by atoms with Crippen molar-refractivity contribution in [3.63, 3.8) is 0 Å². The van der Waals surface area contributed by atoms with Crippen molar-refractivity contribution in [1.29, 1.82) is 0 Å². The first kappa shape index (κ1) is 34.9. The first-order chi connectivity index (χ1) is 28.4. The molecule has 0 N–H and O–H groups in total. The third-order valence-corrected chi connectivity index (χ3v) is 15.3. The monoisotopic (exact) mass is 1000 g/mol. The summed E-state index contributed by atoms with van der Waals surface area (Å²) in [5.74, 6) is 7.37. The van der Waals surface area contributed by atoms with Gasteiger partial charge in [-0.3, -0.25) is 4.98 Å². The molecule has 0 amide bonds. The van der Waals surface area contributed by atoms with Crippen LogP contribution in [0, 0.1) is 24.8 Å². The standard InChI is InChI=1S/C35H21FN3S.C14H16GeN.Ir/c1-21-8-2-5-11-25(21)30-19-18-27-26-12-6-13-28(33(26)40-35(27)38-30)34-37-31-15-7-14-29(36)32(31)39(34)24-17-16-22-9-3-4-10-23(22)20-24;1-15(2,3)13-9-10-14(16-11-13)12-7-5-4-6-8-12;/h2-12,14-20H,1H3;4-7,9-11H,1-3H3;/q2*-1;/i1D3;;. The van der Waals surface area contributed by atoms with Gasteiger partial charge in [0.2, 0.25) is 0 Å². The minimum Gasteiger partial charge on any atom is 0 e. The van der Waals surface area contributed by atoms with Crippen molar-refractivity contribution in [1.82, 2.24) is 19.5 Å². The van der Waals surface area contributed by atoms with E-state index in [4.69, 9.17) is 14.1 Å². The molecule has 1 radical (unpaired) electrons. The van der Waals surface area contributed by atoms with Crippen LogP contribution in [0.2, 0.25) is 17.3 Å². The van der Waals surface area contributed by atoms with Crippen molar-refractivity contribution in [2.75, 3.05) is 0 Å². The van der Waals surface area contributed by atoms with Gasteiger partial charge in [-0.2, -0.15) is 11.3 Å². The molecule has 0 spiro atoms. The van der Waals surface area contributed by atoms with Gasteiger partial charge in [-0.25, -0.2) is 9.37 Å². The Morgan fingerprint density at radius 1 is 0.719 bits per heavy atom. The number of nitrogens with zero attached hydrogens (tertiary/aromatic N) is 4. The molecule has 0 saturated heterocycles. The Kier molecular flexibility index (Phi) is 9.74. The average Bonchev–Trinajstić information content (AvgIpc) is 3.83. The largest absolute Gasteiger partial charge is 0 e. The Bertz CT molecular complexity index is 3160. The summed E-state index contributed by atoms with van der Waals surface area (Å²) in [4.78, 5) is 15.2. The van der Waals surface area contributed by atoms with E-state index in [-0.39, 0.29) is 31.5 Å². The maximum Gasteiger partial charge on any atom is 0 e. The Morgan fingerprint density at radius 3 is 2.32 bits per heavy atom. The van der Waals surface area contributed by atoms with Gasteiger partial charge in [0.15, 0.2) is 0 Å². The summed E-state index contributed by atoms with van der Waals surface area (Å²) in [7, 11) is 0. The van der Waals surface area contributed by atoms with E-state index in [9.17, 15) is 0 Å². The number of halogens is 1. The first-order valence-corrected chi connectivity index (χ1v) is 26.5. The molecule has 0 aliphatic carbocycles. The van der Waals surface area contributed by atoms with Crippen LogP contribution in [0.3, 0.4) is 0 Å². The zero-order valence-corrected chi connectivity index (χ0v) is 36.7. The number of benzene rings is 6. The smallest absolute Gasteiger partial charge is 0 e. The number of hydrogen-bond donors (Lipinski definition) is 0. The normalized spacial score (nSPS) is 12.5. The molecule has 8 heteroatoms. The molecule has 0 aliphatic rings. The number of thiophene rings is 1. The van der Waals surface area contributed by atoms with Crippen LogP contribution in [0.15, 0.2) is 152 Å². The van der Waals surface area contributed by atoms with Crippen molar-refractivity contribution in [2.45, 2.75) is 24.1 Å². The molecule has 4 nitrogen and oxygen atoms in total. The molecule has 0 aliphatic heterocycles. The van der Waals surface area contributed by atoms with E-state index in [0.29, 0.717) is 28.1 Å². The molecule has 10 aromatic rings. The van der Waals surface area contributed by atoms with E-state index in [0.717, 1.165) is 53.6 Å². The second kappa shape index (κ2) is 15.9. The van der Waals surface area contributed by atoms with Gasteiger partial charge in [0.05, 0.1) is 22.6 Å². The number of pyridine rings is 2. The van der Waals surface area contributed by atoms with Crippen LogP contribution in [0.25, 0.3) is 81.7 Å². The van der Waals surface area contributed by atoms with Gasteiger partial charge in [0.1, 0.15) is 10.6 Å². The molecule has 10 rings (SSSR count). The second-order valence-corrected chi connectivity index (χ2v) is 26.3. The molecule has 57 heavy (non-hydrogen) atoms. The van der Waals surface area contributed by atoms with Crippen molar-refractivity contribution >= 4 is 71.1 Å². The Labute approximate surface area is 356 Å². The summed E-state index contributed by atoms with van der Waals surface area (Å²) >= 11 is -0.220. The number of imidazole rings is 1. The molecule has 4 aromatic heterocycles. The molecule has 6 aromatic carbocycles. The van der Waals surface area contributed by atoms with Gasteiger partial charge in [0, 0.05) is 35.5 Å². The zero-order chi connectivity index (χ0) is 40.9. The molecular weight excluding hydrogens is 960 g/mol. The maximum absolute atomic E-state index is 15.5. The summed E-state index contributed by atoms with van der Waals surface area (Å²) < 4.78 is 43.7. The van der Waals surface area contributed by atoms with E-state index >= 15 is 4.39 Å². The van der Waals surface area contributed by atoms with E-state index in [1.807, 2.05) is 108 Å².